The number of hydrogen-bond acceptors (Lipinski definition) is 5. The Morgan fingerprint density at radius 2 is 1.93 bits per heavy atom. The first kappa shape index (κ1) is 20.0. The number of nitrogens with one attached hydrogen (secondary N) is 1. The summed E-state index contributed by atoms with van der Waals surface area (Å²) in [5.41, 5.74) is 3.60. The van der Waals surface area contributed by atoms with Crippen molar-refractivity contribution in [3.05, 3.63) is 65.4 Å². The number of rotatable bonds is 7. The minimum atomic E-state index is -0.373. The molecule has 2 heterocycles. The molecule has 3 aromatic rings. The van der Waals surface area contributed by atoms with E-state index in [0.29, 0.717) is 31.9 Å². The number of nitrogens with zero attached hydrogens (tertiary/aromatic N) is 1. The van der Waals surface area contributed by atoms with Crippen LogP contribution >= 0.6 is 0 Å². The molecule has 2 aromatic carbocycles. The van der Waals surface area contributed by atoms with Gasteiger partial charge in [-0.1, -0.05) is 18.2 Å². The predicted molar refractivity (Wildman–Crippen MR) is 112 cm³/mol. The molecular weight excluding hydrogens is 384 g/mol. The van der Waals surface area contributed by atoms with Gasteiger partial charge in [0.1, 0.15) is 19.0 Å². The van der Waals surface area contributed by atoms with Crippen molar-refractivity contribution in [2.45, 2.75) is 13.0 Å². The molecule has 156 valence electrons. The van der Waals surface area contributed by atoms with Crippen molar-refractivity contribution < 1.29 is 23.8 Å². The highest BCUT2D eigenvalue weighted by molar-refractivity contribution is 5.96. The van der Waals surface area contributed by atoms with Gasteiger partial charge in [0.15, 0.2) is 0 Å². The van der Waals surface area contributed by atoms with Gasteiger partial charge in [0.25, 0.3) is 0 Å². The first-order chi connectivity index (χ1) is 14.7. The van der Waals surface area contributed by atoms with Crippen molar-refractivity contribution in [2.24, 2.45) is 0 Å². The maximum atomic E-state index is 12.6. The van der Waals surface area contributed by atoms with Gasteiger partial charge in [0.05, 0.1) is 19.3 Å². The molecule has 30 heavy (non-hydrogen) atoms. The van der Waals surface area contributed by atoms with Crippen LogP contribution < -0.4 is 4.74 Å². The Kier molecular flexibility index (Phi) is 5.99. The van der Waals surface area contributed by atoms with Gasteiger partial charge < -0.3 is 24.1 Å². The number of esters is 1. The van der Waals surface area contributed by atoms with Crippen molar-refractivity contribution in [1.29, 1.82) is 0 Å². The first-order valence-corrected chi connectivity index (χ1v) is 9.91. The van der Waals surface area contributed by atoms with Crippen LogP contribution in [-0.2, 0) is 27.2 Å². The highest BCUT2D eigenvalue weighted by atomic mass is 16.5. The summed E-state index contributed by atoms with van der Waals surface area (Å²) < 4.78 is 15.9. The van der Waals surface area contributed by atoms with Gasteiger partial charge in [-0.25, -0.2) is 4.79 Å². The summed E-state index contributed by atoms with van der Waals surface area (Å²) >= 11 is 0. The van der Waals surface area contributed by atoms with E-state index in [-0.39, 0.29) is 18.5 Å². The Morgan fingerprint density at radius 3 is 2.73 bits per heavy atom. The van der Waals surface area contributed by atoms with Crippen LogP contribution in [0.15, 0.2) is 48.5 Å². The van der Waals surface area contributed by atoms with Crippen LogP contribution in [0.3, 0.4) is 0 Å². The molecule has 0 spiro atoms. The van der Waals surface area contributed by atoms with E-state index in [0.717, 1.165) is 34.3 Å². The molecule has 0 saturated carbocycles. The number of H-pyrrole nitrogens is 1. The molecule has 0 radical (unpaired) electrons. The highest BCUT2D eigenvalue weighted by Gasteiger charge is 2.24. The topological polar surface area (TPSA) is 80.9 Å². The Morgan fingerprint density at radius 1 is 1.10 bits per heavy atom. The number of amides is 1. The van der Waals surface area contributed by atoms with E-state index >= 15 is 0 Å². The van der Waals surface area contributed by atoms with Gasteiger partial charge in [-0.15, -0.1) is 0 Å². The predicted octanol–water partition coefficient (Wildman–Crippen LogP) is 2.93. The fraction of sp³-hybridized carbons (Fsp3) is 0.304. The lowest BCUT2D eigenvalue weighted by Gasteiger charge is -2.27. The standard InChI is InChI=1S/C23H24N2O5/c1-28-23(27)16-7-8-20-18(13-16)19-14-25(10-9-21(19)24-20)22(26)15-29-11-12-30-17-5-3-2-4-6-17/h2-8,13,24H,9-12,14-15H2,1H3. The average Bonchev–Trinajstić information content (AvgIpc) is 3.16. The van der Waals surface area contributed by atoms with Crippen LogP contribution in [0.25, 0.3) is 10.9 Å². The van der Waals surface area contributed by atoms with Crippen molar-refractivity contribution in [2.75, 3.05) is 33.5 Å². The van der Waals surface area contributed by atoms with Crippen LogP contribution in [0.5, 0.6) is 5.75 Å². The number of fused-ring (bicyclic) bond motifs is 3. The van der Waals surface area contributed by atoms with Crippen molar-refractivity contribution in [1.82, 2.24) is 9.88 Å². The summed E-state index contributed by atoms with van der Waals surface area (Å²) in [5, 5.41) is 0.947. The summed E-state index contributed by atoms with van der Waals surface area (Å²) in [5.74, 6) is 0.349. The summed E-state index contributed by atoms with van der Waals surface area (Å²) in [6.45, 7) is 1.87. The van der Waals surface area contributed by atoms with E-state index in [1.54, 1.807) is 11.0 Å². The van der Waals surface area contributed by atoms with Crippen LogP contribution in [-0.4, -0.2) is 55.2 Å². The molecule has 4 rings (SSSR count). The lowest BCUT2D eigenvalue weighted by atomic mass is 10.0. The van der Waals surface area contributed by atoms with Gasteiger partial charge >= 0.3 is 5.97 Å². The Labute approximate surface area is 174 Å². The molecule has 1 aliphatic heterocycles. The second kappa shape index (κ2) is 9.00. The van der Waals surface area contributed by atoms with Crippen molar-refractivity contribution in [3.63, 3.8) is 0 Å². The minimum Gasteiger partial charge on any atom is -0.491 e. The number of carbonyl (C=O) groups is 2. The third-order valence-electron chi connectivity index (χ3n) is 5.21. The third-order valence-corrected chi connectivity index (χ3v) is 5.21. The Balaban J connectivity index is 1.33. The van der Waals surface area contributed by atoms with Crippen LogP contribution in [0, 0.1) is 0 Å². The van der Waals surface area contributed by atoms with Gasteiger partial charge in [-0.2, -0.15) is 0 Å². The normalized spacial score (nSPS) is 13.2. The molecule has 7 nitrogen and oxygen atoms in total. The molecule has 0 unspecified atom stereocenters. The molecule has 0 aliphatic carbocycles. The van der Waals surface area contributed by atoms with Crippen LogP contribution in [0.2, 0.25) is 0 Å². The quantitative estimate of drug-likeness (QED) is 0.480. The average molecular weight is 408 g/mol. The first-order valence-electron chi connectivity index (χ1n) is 9.91. The molecule has 1 aliphatic rings. The van der Waals surface area contributed by atoms with Gasteiger partial charge in [0, 0.05) is 41.7 Å². The minimum absolute atomic E-state index is 0.0171. The van der Waals surface area contributed by atoms with E-state index in [4.69, 9.17) is 14.2 Å². The zero-order valence-electron chi connectivity index (χ0n) is 16.8. The van der Waals surface area contributed by atoms with E-state index in [1.807, 2.05) is 42.5 Å². The highest BCUT2D eigenvalue weighted by Crippen LogP contribution is 2.28. The number of methoxy groups -OCH3 is 1. The van der Waals surface area contributed by atoms with E-state index in [2.05, 4.69) is 4.98 Å². The number of hydrogen-bond donors (Lipinski definition) is 1. The number of carbonyl (C=O) groups excluding carboxylic acids is 2. The monoisotopic (exact) mass is 408 g/mol. The molecule has 0 atom stereocenters. The maximum Gasteiger partial charge on any atom is 0.337 e. The fourth-order valence-corrected chi connectivity index (χ4v) is 3.66. The van der Waals surface area contributed by atoms with Crippen molar-refractivity contribution in [3.8, 4) is 5.75 Å². The SMILES string of the molecule is COC(=O)c1ccc2[nH]c3c(c2c1)CN(C(=O)COCCOc1ccccc1)CC3. The number of benzene rings is 2. The Hall–Kier alpha value is -3.32. The Bertz CT molecular complexity index is 1040. The van der Waals surface area contributed by atoms with E-state index < -0.39 is 0 Å². The molecule has 7 heteroatoms. The summed E-state index contributed by atoms with van der Waals surface area (Å²) in [4.78, 5) is 29.6. The third kappa shape index (κ3) is 4.31. The second-order valence-corrected chi connectivity index (χ2v) is 7.11. The van der Waals surface area contributed by atoms with Gasteiger partial charge in [0.2, 0.25) is 5.91 Å². The molecule has 0 saturated heterocycles. The molecule has 1 aromatic heterocycles. The number of aromatic nitrogens is 1. The molecule has 1 N–H and O–H groups in total. The largest absolute Gasteiger partial charge is 0.491 e. The maximum absolute atomic E-state index is 12.6. The zero-order valence-corrected chi connectivity index (χ0v) is 16.8. The number of aromatic amines is 1. The summed E-state index contributed by atoms with van der Waals surface area (Å²) in [7, 11) is 1.37. The number of para-hydroxylation sites is 1. The van der Waals surface area contributed by atoms with Crippen LogP contribution in [0.4, 0.5) is 0 Å². The smallest absolute Gasteiger partial charge is 0.337 e. The van der Waals surface area contributed by atoms with E-state index in [1.165, 1.54) is 7.11 Å². The van der Waals surface area contributed by atoms with Crippen LogP contribution in [0.1, 0.15) is 21.6 Å². The van der Waals surface area contributed by atoms with Gasteiger partial charge in [-0.05, 0) is 30.3 Å². The summed E-state index contributed by atoms with van der Waals surface area (Å²) in [6.07, 6.45) is 0.737. The van der Waals surface area contributed by atoms with Crippen molar-refractivity contribution >= 4 is 22.8 Å². The molecule has 0 fully saturated rings. The second-order valence-electron chi connectivity index (χ2n) is 7.11. The molecule has 0 bridgehead atoms. The molecule has 1 amide bonds. The lowest BCUT2D eigenvalue weighted by Crippen LogP contribution is -2.38. The number of ether oxygens (including phenoxy) is 3. The van der Waals surface area contributed by atoms with Gasteiger partial charge in [-0.3, -0.25) is 4.79 Å². The fourth-order valence-electron chi connectivity index (χ4n) is 3.66. The van der Waals surface area contributed by atoms with E-state index in [9.17, 15) is 9.59 Å². The summed E-state index contributed by atoms with van der Waals surface area (Å²) in [6, 6.07) is 14.9. The molecular formula is C23H24N2O5. The zero-order chi connectivity index (χ0) is 20.9. The lowest BCUT2D eigenvalue weighted by molar-refractivity contribution is -0.137.